The summed E-state index contributed by atoms with van der Waals surface area (Å²) >= 11 is 3.90. The molecular formula is C15H22OS2. The highest BCUT2D eigenvalue weighted by atomic mass is 32.2. The maximum atomic E-state index is 10.5. The van der Waals surface area contributed by atoms with E-state index in [1.165, 1.54) is 17.7 Å². The molecule has 0 bridgehead atoms. The van der Waals surface area contributed by atoms with Crippen LogP contribution in [0.2, 0.25) is 0 Å². The van der Waals surface area contributed by atoms with Gasteiger partial charge in [-0.3, -0.25) is 0 Å². The SMILES string of the molecule is CCCc1ccc(C(O)C2SCCSC2C)cc1. The standard InChI is InChI=1S/C15H22OS2/c1-3-4-12-5-7-13(8-6-12)14(16)15-11(2)17-9-10-18-15/h5-8,11,14-16H,3-4,9-10H2,1-2H3. The molecular weight excluding hydrogens is 260 g/mol. The minimum atomic E-state index is -0.325. The highest BCUT2D eigenvalue weighted by Gasteiger charge is 2.29. The van der Waals surface area contributed by atoms with Crippen molar-refractivity contribution in [1.82, 2.24) is 0 Å². The van der Waals surface area contributed by atoms with E-state index in [-0.39, 0.29) is 6.10 Å². The predicted molar refractivity (Wildman–Crippen MR) is 83.6 cm³/mol. The lowest BCUT2D eigenvalue weighted by molar-refractivity contribution is 0.174. The van der Waals surface area contributed by atoms with Crippen LogP contribution in [0.3, 0.4) is 0 Å². The second kappa shape index (κ2) is 6.88. The molecule has 1 N–H and O–H groups in total. The minimum absolute atomic E-state index is 0.325. The average Bonchev–Trinajstić information content (AvgIpc) is 2.40. The molecule has 1 heterocycles. The van der Waals surface area contributed by atoms with Crippen LogP contribution in [0.4, 0.5) is 0 Å². The molecule has 1 fully saturated rings. The molecule has 18 heavy (non-hydrogen) atoms. The number of aliphatic hydroxyl groups excluding tert-OH is 1. The van der Waals surface area contributed by atoms with Gasteiger partial charge < -0.3 is 5.11 Å². The van der Waals surface area contributed by atoms with Crippen LogP contribution in [0, 0.1) is 0 Å². The molecule has 1 saturated heterocycles. The summed E-state index contributed by atoms with van der Waals surface area (Å²) < 4.78 is 0. The van der Waals surface area contributed by atoms with Gasteiger partial charge in [-0.1, -0.05) is 44.5 Å². The Morgan fingerprint density at radius 3 is 2.50 bits per heavy atom. The summed E-state index contributed by atoms with van der Waals surface area (Å²) in [5, 5.41) is 11.4. The normalized spacial score (nSPS) is 25.9. The first-order chi connectivity index (χ1) is 8.72. The largest absolute Gasteiger partial charge is 0.387 e. The number of hydrogen-bond acceptors (Lipinski definition) is 3. The lowest BCUT2D eigenvalue weighted by Gasteiger charge is -2.31. The molecule has 1 aromatic carbocycles. The molecule has 1 aromatic rings. The van der Waals surface area contributed by atoms with Gasteiger partial charge in [0.2, 0.25) is 0 Å². The molecule has 1 nitrogen and oxygen atoms in total. The monoisotopic (exact) mass is 282 g/mol. The van der Waals surface area contributed by atoms with Gasteiger partial charge >= 0.3 is 0 Å². The molecule has 0 amide bonds. The Balaban J connectivity index is 2.05. The van der Waals surface area contributed by atoms with Gasteiger partial charge in [0.05, 0.1) is 6.10 Å². The number of rotatable bonds is 4. The van der Waals surface area contributed by atoms with Gasteiger partial charge in [0, 0.05) is 22.0 Å². The summed E-state index contributed by atoms with van der Waals surface area (Å²) in [5.41, 5.74) is 2.44. The van der Waals surface area contributed by atoms with Crippen molar-refractivity contribution in [3.8, 4) is 0 Å². The average molecular weight is 282 g/mol. The first-order valence-electron chi connectivity index (χ1n) is 6.72. The lowest BCUT2D eigenvalue weighted by Crippen LogP contribution is -2.29. The van der Waals surface area contributed by atoms with Crippen LogP contribution in [0.15, 0.2) is 24.3 Å². The van der Waals surface area contributed by atoms with Gasteiger partial charge in [0.25, 0.3) is 0 Å². The number of hydrogen-bond donors (Lipinski definition) is 1. The fraction of sp³-hybridized carbons (Fsp3) is 0.600. The zero-order valence-corrected chi connectivity index (χ0v) is 12.8. The van der Waals surface area contributed by atoms with Gasteiger partial charge in [-0.05, 0) is 17.5 Å². The summed E-state index contributed by atoms with van der Waals surface area (Å²) in [6.45, 7) is 4.43. The highest BCUT2D eigenvalue weighted by Crippen LogP contribution is 2.38. The number of benzene rings is 1. The van der Waals surface area contributed by atoms with E-state index >= 15 is 0 Å². The second-order valence-electron chi connectivity index (χ2n) is 4.85. The van der Waals surface area contributed by atoms with E-state index < -0.39 is 0 Å². The molecule has 3 atom stereocenters. The van der Waals surface area contributed by atoms with Crippen molar-refractivity contribution in [1.29, 1.82) is 0 Å². The van der Waals surface area contributed by atoms with Gasteiger partial charge in [0.15, 0.2) is 0 Å². The number of aliphatic hydroxyl groups is 1. The van der Waals surface area contributed by atoms with Crippen LogP contribution in [0.25, 0.3) is 0 Å². The molecule has 0 radical (unpaired) electrons. The van der Waals surface area contributed by atoms with Crippen molar-refractivity contribution < 1.29 is 5.11 Å². The third-order valence-electron chi connectivity index (χ3n) is 3.41. The van der Waals surface area contributed by atoms with E-state index in [0.29, 0.717) is 10.5 Å². The third kappa shape index (κ3) is 3.46. The number of thioether (sulfide) groups is 2. The van der Waals surface area contributed by atoms with E-state index in [1.54, 1.807) is 0 Å². The summed E-state index contributed by atoms with van der Waals surface area (Å²) in [6.07, 6.45) is 1.97. The zero-order valence-electron chi connectivity index (χ0n) is 11.1. The molecule has 3 unspecified atom stereocenters. The fourth-order valence-electron chi connectivity index (χ4n) is 2.36. The van der Waals surface area contributed by atoms with Crippen molar-refractivity contribution in [2.45, 2.75) is 43.3 Å². The molecule has 3 heteroatoms. The van der Waals surface area contributed by atoms with Crippen LogP contribution in [0.5, 0.6) is 0 Å². The summed E-state index contributed by atoms with van der Waals surface area (Å²) in [7, 11) is 0. The third-order valence-corrected chi connectivity index (χ3v) is 6.59. The number of aryl methyl sites for hydroxylation is 1. The van der Waals surface area contributed by atoms with E-state index in [0.717, 1.165) is 17.7 Å². The smallest absolute Gasteiger partial charge is 0.0919 e. The fourth-order valence-corrected chi connectivity index (χ4v) is 5.19. The van der Waals surface area contributed by atoms with E-state index in [4.69, 9.17) is 0 Å². The molecule has 2 rings (SSSR count). The first-order valence-corrected chi connectivity index (χ1v) is 8.82. The van der Waals surface area contributed by atoms with Crippen LogP contribution < -0.4 is 0 Å². The van der Waals surface area contributed by atoms with E-state index in [2.05, 4.69) is 38.1 Å². The van der Waals surface area contributed by atoms with Crippen LogP contribution in [-0.4, -0.2) is 27.1 Å². The molecule has 1 aliphatic heterocycles. The van der Waals surface area contributed by atoms with E-state index in [9.17, 15) is 5.11 Å². The molecule has 0 saturated carbocycles. The maximum Gasteiger partial charge on any atom is 0.0919 e. The Labute approximate surface area is 119 Å². The Hall–Kier alpha value is -0.120. The highest BCUT2D eigenvalue weighted by molar-refractivity contribution is 8.07. The Kier molecular flexibility index (Phi) is 5.46. The van der Waals surface area contributed by atoms with Crippen molar-refractivity contribution in [2.24, 2.45) is 0 Å². The van der Waals surface area contributed by atoms with Crippen LogP contribution >= 0.6 is 23.5 Å². The maximum absolute atomic E-state index is 10.5. The van der Waals surface area contributed by atoms with E-state index in [1.807, 2.05) is 23.5 Å². The van der Waals surface area contributed by atoms with Crippen molar-refractivity contribution in [3.05, 3.63) is 35.4 Å². The first kappa shape index (κ1) is 14.3. The van der Waals surface area contributed by atoms with Crippen LogP contribution in [0.1, 0.15) is 37.5 Å². The van der Waals surface area contributed by atoms with Gasteiger partial charge in [0.1, 0.15) is 0 Å². The Morgan fingerprint density at radius 2 is 1.89 bits per heavy atom. The van der Waals surface area contributed by atoms with Crippen LogP contribution in [-0.2, 0) is 6.42 Å². The Morgan fingerprint density at radius 1 is 1.22 bits per heavy atom. The van der Waals surface area contributed by atoms with Crippen molar-refractivity contribution in [2.75, 3.05) is 11.5 Å². The van der Waals surface area contributed by atoms with Gasteiger partial charge in [-0.25, -0.2) is 0 Å². The summed E-state index contributed by atoms with van der Waals surface area (Å²) in [4.78, 5) is 0. The minimum Gasteiger partial charge on any atom is -0.387 e. The van der Waals surface area contributed by atoms with Crippen molar-refractivity contribution in [3.63, 3.8) is 0 Å². The summed E-state index contributed by atoms with van der Waals surface area (Å²) in [5.74, 6) is 2.37. The van der Waals surface area contributed by atoms with Gasteiger partial charge in [-0.2, -0.15) is 23.5 Å². The lowest BCUT2D eigenvalue weighted by atomic mass is 10.0. The molecule has 0 aliphatic carbocycles. The van der Waals surface area contributed by atoms with Crippen molar-refractivity contribution >= 4 is 23.5 Å². The molecule has 1 aliphatic rings. The second-order valence-corrected chi connectivity index (χ2v) is 7.62. The topological polar surface area (TPSA) is 20.2 Å². The quantitative estimate of drug-likeness (QED) is 0.904. The van der Waals surface area contributed by atoms with Gasteiger partial charge in [-0.15, -0.1) is 0 Å². The molecule has 0 spiro atoms. The Bertz CT molecular complexity index is 363. The predicted octanol–water partition coefficient (Wildman–Crippen LogP) is 3.91. The zero-order chi connectivity index (χ0) is 13.0. The summed E-state index contributed by atoms with van der Waals surface area (Å²) in [6, 6.07) is 8.52. The molecule has 0 aromatic heterocycles. The molecule has 100 valence electrons.